The number of nitrogens with zero attached hydrogens (tertiary/aromatic N) is 3. The molecular weight excluding hydrogens is 394 g/mol. The maximum atomic E-state index is 13.2. The van der Waals surface area contributed by atoms with E-state index in [1.54, 1.807) is 29.4 Å². The van der Waals surface area contributed by atoms with Crippen molar-refractivity contribution >= 4 is 62.4 Å². The van der Waals surface area contributed by atoms with Crippen molar-refractivity contribution in [3.8, 4) is 0 Å². The van der Waals surface area contributed by atoms with Crippen LogP contribution in [-0.2, 0) is 4.79 Å². The molecule has 0 atom stereocenters. The molecule has 2 aromatic heterocycles. The van der Waals surface area contributed by atoms with E-state index in [4.69, 9.17) is 0 Å². The van der Waals surface area contributed by atoms with E-state index >= 15 is 0 Å². The van der Waals surface area contributed by atoms with Crippen molar-refractivity contribution < 1.29 is 4.79 Å². The summed E-state index contributed by atoms with van der Waals surface area (Å²) in [7, 11) is 0. The number of fused-ring (bicyclic) bond motifs is 3. The number of anilines is 2. The molecule has 0 aliphatic carbocycles. The van der Waals surface area contributed by atoms with Crippen molar-refractivity contribution in [1.29, 1.82) is 0 Å². The topological polar surface area (TPSA) is 46.1 Å². The third-order valence-corrected chi connectivity index (χ3v) is 7.18. The molecule has 132 valence electrons. The van der Waals surface area contributed by atoms with Gasteiger partial charge in [0, 0.05) is 15.2 Å². The first-order valence-electron chi connectivity index (χ1n) is 8.31. The van der Waals surface area contributed by atoms with Crippen LogP contribution in [0, 0.1) is 0 Å². The lowest BCUT2D eigenvalue weighted by Gasteiger charge is -2.30. The van der Waals surface area contributed by atoms with Gasteiger partial charge in [-0.15, -0.1) is 11.3 Å². The van der Waals surface area contributed by atoms with Gasteiger partial charge in [0.15, 0.2) is 0 Å². The molecule has 2 aromatic carbocycles. The van der Waals surface area contributed by atoms with Crippen molar-refractivity contribution in [3.63, 3.8) is 0 Å². The predicted molar refractivity (Wildman–Crippen MR) is 112 cm³/mol. The van der Waals surface area contributed by atoms with Crippen LogP contribution in [0.4, 0.5) is 11.4 Å². The zero-order valence-electron chi connectivity index (χ0n) is 14.0. The van der Waals surface area contributed by atoms with E-state index in [2.05, 4.69) is 22.1 Å². The van der Waals surface area contributed by atoms with Gasteiger partial charge in [0.05, 0.1) is 17.1 Å². The standard InChI is InChI=1S/C20H13N3OS3/c24-18(11-26-20-13-9-10-25-19(13)21-12-22-20)23-14-5-1-3-7-16(14)27-17-8-4-2-6-15(17)23/h1-10,12H,11H2. The Morgan fingerprint density at radius 2 is 1.67 bits per heavy atom. The summed E-state index contributed by atoms with van der Waals surface area (Å²) in [5.41, 5.74) is 1.88. The van der Waals surface area contributed by atoms with Gasteiger partial charge in [-0.05, 0) is 35.7 Å². The van der Waals surface area contributed by atoms with Crippen molar-refractivity contribution in [1.82, 2.24) is 9.97 Å². The van der Waals surface area contributed by atoms with Crippen molar-refractivity contribution in [2.24, 2.45) is 0 Å². The normalized spacial score (nSPS) is 12.7. The number of amides is 1. The van der Waals surface area contributed by atoms with Crippen molar-refractivity contribution in [3.05, 3.63) is 66.3 Å². The summed E-state index contributed by atoms with van der Waals surface area (Å²) < 4.78 is 0. The monoisotopic (exact) mass is 407 g/mol. The molecule has 3 heterocycles. The molecule has 0 N–H and O–H groups in total. The Labute approximate surface area is 168 Å². The molecular formula is C20H13N3OS3. The van der Waals surface area contributed by atoms with E-state index in [0.29, 0.717) is 5.75 Å². The van der Waals surface area contributed by atoms with Crippen LogP contribution in [-0.4, -0.2) is 21.6 Å². The van der Waals surface area contributed by atoms with Crippen LogP contribution in [0.5, 0.6) is 0 Å². The third-order valence-electron chi connectivity index (χ3n) is 4.24. The zero-order valence-corrected chi connectivity index (χ0v) is 16.5. The van der Waals surface area contributed by atoms with Gasteiger partial charge in [0.25, 0.3) is 0 Å². The molecule has 1 amide bonds. The maximum absolute atomic E-state index is 13.2. The van der Waals surface area contributed by atoms with E-state index in [0.717, 1.165) is 36.4 Å². The summed E-state index contributed by atoms with van der Waals surface area (Å²) in [6, 6.07) is 18.1. The molecule has 0 bridgehead atoms. The highest BCUT2D eigenvalue weighted by molar-refractivity contribution is 8.00. The van der Waals surface area contributed by atoms with Crippen LogP contribution >= 0.6 is 34.9 Å². The molecule has 4 aromatic rings. The van der Waals surface area contributed by atoms with Gasteiger partial charge < -0.3 is 0 Å². The van der Waals surface area contributed by atoms with Gasteiger partial charge in [-0.25, -0.2) is 9.97 Å². The van der Waals surface area contributed by atoms with E-state index < -0.39 is 0 Å². The van der Waals surface area contributed by atoms with Gasteiger partial charge in [-0.3, -0.25) is 9.69 Å². The number of thiophene rings is 1. The van der Waals surface area contributed by atoms with Crippen LogP contribution in [0.2, 0.25) is 0 Å². The molecule has 1 aliphatic heterocycles. The van der Waals surface area contributed by atoms with Crippen LogP contribution in [0.3, 0.4) is 0 Å². The minimum atomic E-state index is 0.0437. The summed E-state index contributed by atoms with van der Waals surface area (Å²) in [5, 5.41) is 3.86. The lowest BCUT2D eigenvalue weighted by molar-refractivity contribution is -0.115. The largest absolute Gasteiger partial charge is 0.278 e. The lowest BCUT2D eigenvalue weighted by atomic mass is 10.2. The fraction of sp³-hybridized carbons (Fsp3) is 0.0500. The van der Waals surface area contributed by atoms with Gasteiger partial charge in [-0.1, -0.05) is 47.8 Å². The van der Waals surface area contributed by atoms with Gasteiger partial charge >= 0.3 is 0 Å². The maximum Gasteiger partial charge on any atom is 0.242 e. The Morgan fingerprint density at radius 1 is 0.963 bits per heavy atom. The average molecular weight is 408 g/mol. The fourth-order valence-corrected chi connectivity index (χ4v) is 5.74. The van der Waals surface area contributed by atoms with E-state index in [-0.39, 0.29) is 5.91 Å². The summed E-state index contributed by atoms with van der Waals surface area (Å²) in [6.45, 7) is 0. The Hall–Kier alpha value is -2.35. The predicted octanol–water partition coefficient (Wildman–Crippen LogP) is 5.61. The molecule has 27 heavy (non-hydrogen) atoms. The van der Waals surface area contributed by atoms with E-state index in [9.17, 15) is 4.79 Å². The van der Waals surface area contributed by atoms with E-state index in [1.165, 1.54) is 11.8 Å². The highest BCUT2D eigenvalue weighted by atomic mass is 32.2. The molecule has 4 nitrogen and oxygen atoms in total. The summed E-state index contributed by atoms with van der Waals surface area (Å²) in [6.07, 6.45) is 1.56. The second-order valence-corrected chi connectivity index (χ2v) is 8.82. The van der Waals surface area contributed by atoms with Crippen molar-refractivity contribution in [2.45, 2.75) is 14.8 Å². The number of benzene rings is 2. The number of hydrogen-bond acceptors (Lipinski definition) is 6. The first-order valence-corrected chi connectivity index (χ1v) is 11.0. The first-order chi connectivity index (χ1) is 13.3. The number of hydrogen-bond donors (Lipinski definition) is 0. The molecule has 0 saturated carbocycles. The Balaban J connectivity index is 1.47. The highest BCUT2D eigenvalue weighted by Gasteiger charge is 2.27. The van der Waals surface area contributed by atoms with Crippen LogP contribution in [0.15, 0.2) is 81.1 Å². The number of carbonyl (C=O) groups is 1. The van der Waals surface area contributed by atoms with Crippen LogP contribution in [0.1, 0.15) is 0 Å². The number of rotatable bonds is 3. The quantitative estimate of drug-likeness (QED) is 0.326. The smallest absolute Gasteiger partial charge is 0.242 e. The Kier molecular flexibility index (Phi) is 4.35. The summed E-state index contributed by atoms with van der Waals surface area (Å²) in [4.78, 5) is 26.8. The SMILES string of the molecule is O=C(CSc1ncnc2sccc12)N1c2ccccc2Sc2ccccc21. The molecule has 1 aliphatic rings. The molecule has 0 fully saturated rings. The number of aromatic nitrogens is 2. The van der Waals surface area contributed by atoms with Gasteiger partial charge in [-0.2, -0.15) is 0 Å². The highest BCUT2D eigenvalue weighted by Crippen LogP contribution is 2.48. The Bertz CT molecular complexity index is 1110. The van der Waals surface area contributed by atoms with Crippen molar-refractivity contribution in [2.75, 3.05) is 10.7 Å². The number of para-hydroxylation sites is 2. The zero-order chi connectivity index (χ0) is 18.2. The summed E-state index contributed by atoms with van der Waals surface area (Å²) >= 11 is 4.75. The van der Waals surface area contributed by atoms with Gasteiger partial charge in [0.2, 0.25) is 5.91 Å². The third kappa shape index (κ3) is 3.01. The number of thioether (sulfide) groups is 1. The molecule has 5 rings (SSSR count). The molecule has 0 saturated heterocycles. The minimum absolute atomic E-state index is 0.0437. The molecule has 0 spiro atoms. The number of carbonyl (C=O) groups excluding carboxylic acids is 1. The van der Waals surface area contributed by atoms with Gasteiger partial charge in [0.1, 0.15) is 16.2 Å². The second kappa shape index (κ2) is 6.99. The molecule has 7 heteroatoms. The molecule has 0 radical (unpaired) electrons. The first kappa shape index (κ1) is 16.8. The second-order valence-electron chi connectivity index (χ2n) is 5.87. The Morgan fingerprint density at radius 3 is 2.41 bits per heavy atom. The minimum Gasteiger partial charge on any atom is -0.278 e. The average Bonchev–Trinajstić information content (AvgIpc) is 3.19. The molecule has 0 unspecified atom stereocenters. The van der Waals surface area contributed by atoms with Crippen LogP contribution in [0.25, 0.3) is 10.2 Å². The lowest BCUT2D eigenvalue weighted by Crippen LogP contribution is -2.30. The fourth-order valence-electron chi connectivity index (χ4n) is 3.05. The van der Waals surface area contributed by atoms with Crippen LogP contribution < -0.4 is 4.90 Å². The van der Waals surface area contributed by atoms with E-state index in [1.807, 2.05) is 52.7 Å². The summed E-state index contributed by atoms with van der Waals surface area (Å²) in [5.74, 6) is 0.358.